The first-order valence-electron chi connectivity index (χ1n) is 6.78. The molecule has 110 valence electrons. The summed E-state index contributed by atoms with van der Waals surface area (Å²) in [6.45, 7) is 2.99. The summed E-state index contributed by atoms with van der Waals surface area (Å²) in [7, 11) is -0.622. The molecule has 1 unspecified atom stereocenters. The molecule has 7 heteroatoms. The van der Waals surface area contributed by atoms with E-state index in [1.165, 1.54) is 12.8 Å². The van der Waals surface area contributed by atoms with Crippen LogP contribution in [0.4, 0.5) is 0 Å². The van der Waals surface area contributed by atoms with E-state index in [2.05, 4.69) is 17.3 Å². The zero-order chi connectivity index (χ0) is 13.9. The molecule has 4 nitrogen and oxygen atoms in total. The summed E-state index contributed by atoms with van der Waals surface area (Å²) in [5.41, 5.74) is 0. The molecule has 2 heterocycles. The molecular weight excluding hydrogens is 300 g/mol. The molecule has 0 amide bonds. The van der Waals surface area contributed by atoms with Crippen LogP contribution in [0, 0.1) is 5.92 Å². The van der Waals surface area contributed by atoms with Crippen LogP contribution in [0.1, 0.15) is 19.3 Å². The van der Waals surface area contributed by atoms with Gasteiger partial charge in [0.1, 0.15) is 4.32 Å². The molecule has 0 aromatic heterocycles. The molecule has 1 N–H and O–H groups in total. The average Bonchev–Trinajstić information content (AvgIpc) is 2.69. The van der Waals surface area contributed by atoms with Gasteiger partial charge < -0.3 is 10.2 Å². The summed E-state index contributed by atoms with van der Waals surface area (Å²) < 4.78 is 23.6. The molecule has 0 aromatic rings. The van der Waals surface area contributed by atoms with E-state index >= 15 is 0 Å². The number of hydrogen-bond acceptors (Lipinski definition) is 5. The molecule has 0 aromatic carbocycles. The molecule has 2 aliphatic rings. The summed E-state index contributed by atoms with van der Waals surface area (Å²) in [5.74, 6) is 0.899. The molecule has 2 rings (SSSR count). The first-order valence-corrected chi connectivity index (χ1v) is 9.89. The van der Waals surface area contributed by atoms with Crippen LogP contribution in [-0.4, -0.2) is 61.1 Å². The Kier molecular flexibility index (Phi) is 5.51. The van der Waals surface area contributed by atoms with Crippen molar-refractivity contribution in [3.05, 3.63) is 0 Å². The summed E-state index contributed by atoms with van der Waals surface area (Å²) >= 11 is 7.09. The van der Waals surface area contributed by atoms with Crippen molar-refractivity contribution in [1.29, 1.82) is 0 Å². The molecule has 1 atom stereocenters. The van der Waals surface area contributed by atoms with Gasteiger partial charge in [-0.15, -0.1) is 0 Å². The van der Waals surface area contributed by atoms with Crippen LogP contribution in [0.5, 0.6) is 0 Å². The minimum atomic E-state index is -2.77. The molecule has 2 fully saturated rings. The maximum Gasteiger partial charge on any atom is 0.150 e. The van der Waals surface area contributed by atoms with Gasteiger partial charge in [0.2, 0.25) is 0 Å². The average molecular weight is 323 g/mol. The lowest BCUT2D eigenvalue weighted by molar-refractivity contribution is 0.282. The Bertz CT molecular complexity index is 417. The minimum Gasteiger partial charge on any atom is -0.371 e. The second-order valence-corrected chi connectivity index (χ2v) is 9.76. The van der Waals surface area contributed by atoms with Gasteiger partial charge in [0.15, 0.2) is 9.84 Å². The molecule has 0 bridgehead atoms. The Morgan fingerprint density at radius 1 is 1.37 bits per heavy atom. The normalized spacial score (nSPS) is 28.4. The monoisotopic (exact) mass is 322 g/mol. The third kappa shape index (κ3) is 5.21. The van der Waals surface area contributed by atoms with Crippen molar-refractivity contribution in [3.8, 4) is 0 Å². The number of thioether (sulfide) groups is 1. The molecule has 0 spiro atoms. The van der Waals surface area contributed by atoms with Crippen molar-refractivity contribution in [2.24, 2.45) is 5.92 Å². The molecule has 2 saturated heterocycles. The fourth-order valence-electron chi connectivity index (χ4n) is 2.56. The largest absolute Gasteiger partial charge is 0.371 e. The highest BCUT2D eigenvalue weighted by Gasteiger charge is 2.28. The van der Waals surface area contributed by atoms with E-state index in [0.29, 0.717) is 23.3 Å². The number of rotatable bonds is 3. The predicted molar refractivity (Wildman–Crippen MR) is 85.5 cm³/mol. The van der Waals surface area contributed by atoms with E-state index in [-0.39, 0.29) is 5.92 Å². The van der Waals surface area contributed by atoms with Crippen molar-refractivity contribution in [3.63, 3.8) is 0 Å². The Hall–Kier alpha value is 0.150. The second-order valence-electron chi connectivity index (χ2n) is 5.56. The van der Waals surface area contributed by atoms with Gasteiger partial charge in [-0.25, -0.2) is 8.42 Å². The first kappa shape index (κ1) is 15.5. The molecule has 0 aliphatic carbocycles. The highest BCUT2D eigenvalue weighted by molar-refractivity contribution is 8.23. The van der Waals surface area contributed by atoms with Crippen LogP contribution in [0.2, 0.25) is 0 Å². The molecule has 0 saturated carbocycles. The highest BCUT2D eigenvalue weighted by atomic mass is 32.2. The van der Waals surface area contributed by atoms with Gasteiger partial charge >= 0.3 is 0 Å². The second kappa shape index (κ2) is 6.74. The quantitative estimate of drug-likeness (QED) is 0.786. The Balaban J connectivity index is 1.65. The van der Waals surface area contributed by atoms with Crippen LogP contribution in [0.25, 0.3) is 0 Å². The third-order valence-corrected chi connectivity index (χ3v) is 7.23. The molecular formula is C12H22N2O2S3. The van der Waals surface area contributed by atoms with Crippen LogP contribution >= 0.6 is 24.0 Å². The maximum absolute atomic E-state index is 11.4. The van der Waals surface area contributed by atoms with Gasteiger partial charge in [-0.3, -0.25) is 0 Å². The number of thiocarbonyl (C=S) groups is 1. The topological polar surface area (TPSA) is 49.4 Å². The van der Waals surface area contributed by atoms with Gasteiger partial charge in [0.05, 0.1) is 11.5 Å². The van der Waals surface area contributed by atoms with Crippen LogP contribution in [0.3, 0.4) is 0 Å². The number of sulfone groups is 1. The summed E-state index contributed by atoms with van der Waals surface area (Å²) in [4.78, 5) is 2.34. The Morgan fingerprint density at radius 3 is 2.63 bits per heavy atom. The number of nitrogens with zero attached hydrogens (tertiary/aromatic N) is 1. The Labute approximate surface area is 125 Å². The summed E-state index contributed by atoms with van der Waals surface area (Å²) in [5, 5.41) is 3.85. The lowest BCUT2D eigenvalue weighted by atomic mass is 10.1. The van der Waals surface area contributed by atoms with Crippen molar-refractivity contribution >= 4 is 38.1 Å². The van der Waals surface area contributed by atoms with Crippen LogP contribution in [-0.2, 0) is 9.84 Å². The number of nitrogens with one attached hydrogen (secondary N) is 1. The first-order chi connectivity index (χ1) is 8.94. The van der Waals surface area contributed by atoms with Crippen LogP contribution in [0.15, 0.2) is 0 Å². The smallest absolute Gasteiger partial charge is 0.150 e. The number of piperidine rings is 1. The van der Waals surface area contributed by atoms with E-state index in [9.17, 15) is 8.42 Å². The van der Waals surface area contributed by atoms with E-state index in [1.807, 2.05) is 0 Å². The van der Waals surface area contributed by atoms with Crippen molar-refractivity contribution in [2.75, 3.05) is 38.2 Å². The molecule has 2 aliphatic heterocycles. The van der Waals surface area contributed by atoms with Gasteiger partial charge in [0.25, 0.3) is 0 Å². The van der Waals surface area contributed by atoms with Gasteiger partial charge in [-0.05, 0) is 45.3 Å². The van der Waals surface area contributed by atoms with E-state index in [1.54, 1.807) is 11.8 Å². The van der Waals surface area contributed by atoms with Crippen molar-refractivity contribution in [2.45, 2.75) is 24.5 Å². The Morgan fingerprint density at radius 2 is 2.05 bits per heavy atom. The summed E-state index contributed by atoms with van der Waals surface area (Å²) in [6.07, 6.45) is 3.14. The molecule has 0 radical (unpaired) electrons. The van der Waals surface area contributed by atoms with Gasteiger partial charge in [0, 0.05) is 11.8 Å². The number of likely N-dealkylation sites (tertiary alicyclic amines) is 1. The van der Waals surface area contributed by atoms with Crippen LogP contribution < -0.4 is 5.32 Å². The lowest BCUT2D eigenvalue weighted by Crippen LogP contribution is -2.34. The summed E-state index contributed by atoms with van der Waals surface area (Å²) in [6, 6.07) is 0. The van der Waals surface area contributed by atoms with E-state index in [4.69, 9.17) is 12.2 Å². The van der Waals surface area contributed by atoms with Crippen molar-refractivity contribution in [1.82, 2.24) is 10.2 Å². The fourth-order valence-corrected chi connectivity index (χ4v) is 5.83. The fraction of sp³-hybridized carbons (Fsp3) is 0.917. The van der Waals surface area contributed by atoms with Gasteiger partial charge in [-0.2, -0.15) is 0 Å². The lowest BCUT2D eigenvalue weighted by Gasteiger charge is -2.28. The number of hydrogen-bond donors (Lipinski definition) is 1. The SMILES string of the molecule is CN1CCC(SC(=S)NCC2CCS(=O)(=O)C2)CC1. The zero-order valence-corrected chi connectivity index (χ0v) is 13.7. The minimum absolute atomic E-state index is 0.237. The maximum atomic E-state index is 11.4. The molecule has 19 heavy (non-hydrogen) atoms. The van der Waals surface area contributed by atoms with E-state index in [0.717, 1.165) is 23.8 Å². The van der Waals surface area contributed by atoms with E-state index < -0.39 is 9.84 Å². The van der Waals surface area contributed by atoms with Gasteiger partial charge in [-0.1, -0.05) is 24.0 Å². The van der Waals surface area contributed by atoms with Crippen molar-refractivity contribution < 1.29 is 8.42 Å². The predicted octanol–water partition coefficient (Wildman–Crippen LogP) is 1.12. The standard InChI is InChI=1S/C12H22N2O2S3/c1-14-5-2-11(3-6-14)18-12(17)13-8-10-4-7-19(15,16)9-10/h10-11H,2-9H2,1H3,(H,13,17). The zero-order valence-electron chi connectivity index (χ0n) is 11.3. The third-order valence-electron chi connectivity index (χ3n) is 3.80. The highest BCUT2D eigenvalue weighted by Crippen LogP contribution is 2.24.